The second-order valence-corrected chi connectivity index (χ2v) is 5.77. The van der Waals surface area contributed by atoms with Crippen molar-refractivity contribution in [3.63, 3.8) is 0 Å². The molecule has 0 aliphatic carbocycles. The van der Waals surface area contributed by atoms with E-state index in [1.807, 2.05) is 12.4 Å². The molecule has 0 saturated heterocycles. The Kier molecular flexibility index (Phi) is 2.53. The van der Waals surface area contributed by atoms with Crippen LogP contribution in [0.15, 0.2) is 85.3 Å². The summed E-state index contributed by atoms with van der Waals surface area (Å²) >= 11 is 0. The molecule has 0 aliphatic rings. The van der Waals surface area contributed by atoms with Gasteiger partial charge in [0, 0.05) is 24.0 Å². The van der Waals surface area contributed by atoms with Crippen molar-refractivity contribution in [2.75, 3.05) is 0 Å². The van der Waals surface area contributed by atoms with Crippen LogP contribution in [0.25, 0.3) is 38.3 Å². The third kappa shape index (κ3) is 1.78. The van der Waals surface area contributed by atoms with E-state index >= 15 is 0 Å². The van der Waals surface area contributed by atoms with Gasteiger partial charge in [-0.15, -0.1) is 0 Å². The molecule has 2 aromatic heterocycles. The highest BCUT2D eigenvalue weighted by Gasteiger charge is 2.09. The van der Waals surface area contributed by atoms with Crippen LogP contribution in [0, 0.1) is 0 Å². The lowest BCUT2D eigenvalue weighted by Gasteiger charge is -2.11. The quantitative estimate of drug-likeness (QED) is 0.409. The number of hydrogen-bond acceptors (Lipinski definition) is 1. The van der Waals surface area contributed by atoms with Crippen molar-refractivity contribution in [1.82, 2.24) is 9.38 Å². The number of pyridine rings is 1. The number of rotatable bonds is 1. The van der Waals surface area contributed by atoms with E-state index in [0.717, 1.165) is 5.65 Å². The van der Waals surface area contributed by atoms with Crippen molar-refractivity contribution < 1.29 is 0 Å². The van der Waals surface area contributed by atoms with E-state index in [2.05, 4.69) is 82.3 Å². The predicted molar refractivity (Wildman–Crippen MR) is 95.6 cm³/mol. The molecule has 2 heterocycles. The highest BCUT2D eigenvalue weighted by molar-refractivity contribution is 6.08. The molecule has 108 valence electrons. The zero-order valence-electron chi connectivity index (χ0n) is 12.5. The minimum atomic E-state index is 1.00. The monoisotopic (exact) mass is 294 g/mol. The van der Waals surface area contributed by atoms with Crippen LogP contribution in [0.1, 0.15) is 0 Å². The maximum atomic E-state index is 4.51. The fourth-order valence-electron chi connectivity index (χ4n) is 3.43. The molecule has 0 amide bonds. The van der Waals surface area contributed by atoms with Gasteiger partial charge in [-0.2, -0.15) is 0 Å². The van der Waals surface area contributed by atoms with Gasteiger partial charge < -0.3 is 4.40 Å². The van der Waals surface area contributed by atoms with Crippen molar-refractivity contribution in [1.29, 1.82) is 0 Å². The van der Waals surface area contributed by atoms with Crippen molar-refractivity contribution in [3.05, 3.63) is 85.3 Å². The molecule has 5 rings (SSSR count). The zero-order chi connectivity index (χ0) is 15.2. The molecule has 0 unspecified atom stereocenters. The van der Waals surface area contributed by atoms with Crippen LogP contribution in [0.4, 0.5) is 0 Å². The van der Waals surface area contributed by atoms with E-state index in [1.54, 1.807) is 0 Å². The Hall–Kier alpha value is -3.13. The fraction of sp³-hybridized carbons (Fsp3) is 0. The van der Waals surface area contributed by atoms with E-state index in [1.165, 1.54) is 32.7 Å². The first-order valence-corrected chi connectivity index (χ1v) is 7.74. The summed E-state index contributed by atoms with van der Waals surface area (Å²) in [5.74, 6) is 0. The van der Waals surface area contributed by atoms with Crippen molar-refractivity contribution in [3.8, 4) is 11.1 Å². The molecule has 2 heteroatoms. The summed E-state index contributed by atoms with van der Waals surface area (Å²) in [7, 11) is 0. The van der Waals surface area contributed by atoms with Gasteiger partial charge in [0.25, 0.3) is 0 Å². The minimum absolute atomic E-state index is 1.00. The molecule has 2 nitrogen and oxygen atoms in total. The summed E-state index contributed by atoms with van der Waals surface area (Å²) in [4.78, 5) is 4.51. The van der Waals surface area contributed by atoms with Crippen LogP contribution in [0.2, 0.25) is 0 Å². The van der Waals surface area contributed by atoms with E-state index in [-0.39, 0.29) is 0 Å². The number of aromatic nitrogens is 2. The molecule has 0 atom stereocenters. The molecule has 0 spiro atoms. The molecule has 0 radical (unpaired) electrons. The topological polar surface area (TPSA) is 17.3 Å². The Balaban J connectivity index is 1.92. The first-order chi connectivity index (χ1) is 11.4. The highest BCUT2D eigenvalue weighted by Crippen LogP contribution is 2.34. The van der Waals surface area contributed by atoms with Crippen LogP contribution in [-0.4, -0.2) is 9.38 Å². The van der Waals surface area contributed by atoms with E-state index < -0.39 is 0 Å². The maximum absolute atomic E-state index is 4.51. The lowest BCUT2D eigenvalue weighted by Crippen LogP contribution is -1.88. The number of nitrogens with zero attached hydrogens (tertiary/aromatic N) is 2. The zero-order valence-corrected chi connectivity index (χ0v) is 12.5. The largest absolute Gasteiger partial charge is 0.307 e. The number of fused-ring (bicyclic) bond motifs is 4. The van der Waals surface area contributed by atoms with Crippen molar-refractivity contribution >= 4 is 27.2 Å². The highest BCUT2D eigenvalue weighted by atomic mass is 15.0. The fourth-order valence-corrected chi connectivity index (χ4v) is 3.43. The van der Waals surface area contributed by atoms with E-state index in [4.69, 9.17) is 0 Å². The molecule has 5 aromatic rings. The number of hydrogen-bond donors (Lipinski definition) is 0. The van der Waals surface area contributed by atoms with Crippen LogP contribution in [-0.2, 0) is 0 Å². The molecule has 0 saturated carbocycles. The van der Waals surface area contributed by atoms with Crippen molar-refractivity contribution in [2.45, 2.75) is 0 Å². The maximum Gasteiger partial charge on any atom is 0.144 e. The number of imidazole rings is 1. The second-order valence-electron chi connectivity index (χ2n) is 5.77. The molecular formula is C21H14N2. The van der Waals surface area contributed by atoms with E-state index in [0.29, 0.717) is 0 Å². The molecule has 0 aliphatic heterocycles. The van der Waals surface area contributed by atoms with Crippen LogP contribution >= 0.6 is 0 Å². The van der Waals surface area contributed by atoms with Gasteiger partial charge in [0.05, 0.1) is 0 Å². The van der Waals surface area contributed by atoms with Crippen LogP contribution in [0.3, 0.4) is 0 Å². The summed E-state index contributed by atoms with van der Waals surface area (Å²) in [5.41, 5.74) is 3.53. The van der Waals surface area contributed by atoms with Crippen LogP contribution < -0.4 is 0 Å². The minimum Gasteiger partial charge on any atom is -0.307 e. The van der Waals surface area contributed by atoms with Gasteiger partial charge in [-0.3, -0.25) is 0 Å². The van der Waals surface area contributed by atoms with Gasteiger partial charge in [-0.1, -0.05) is 60.7 Å². The smallest absolute Gasteiger partial charge is 0.144 e. The number of benzene rings is 3. The predicted octanol–water partition coefficient (Wildman–Crippen LogP) is 5.31. The standard InChI is InChI=1S/C21H14N2/c1-2-7-16-15(5-1)6-3-8-17(16)18-9-4-10-20-19(18)11-13-23-14-12-22-21(20)23/h1-14H. The Bertz CT molecular complexity index is 1160. The van der Waals surface area contributed by atoms with Gasteiger partial charge in [0.2, 0.25) is 0 Å². The van der Waals surface area contributed by atoms with E-state index in [9.17, 15) is 0 Å². The molecule has 0 fully saturated rings. The Morgan fingerprint density at radius 3 is 2.30 bits per heavy atom. The van der Waals surface area contributed by atoms with Gasteiger partial charge in [0.15, 0.2) is 0 Å². The van der Waals surface area contributed by atoms with Gasteiger partial charge in [0.1, 0.15) is 5.65 Å². The van der Waals surface area contributed by atoms with Crippen LogP contribution in [0.5, 0.6) is 0 Å². The Morgan fingerprint density at radius 1 is 0.609 bits per heavy atom. The molecular weight excluding hydrogens is 280 g/mol. The molecule has 0 bridgehead atoms. The third-order valence-corrected chi connectivity index (χ3v) is 4.50. The molecule has 0 N–H and O–H groups in total. The second kappa shape index (κ2) is 4.68. The van der Waals surface area contributed by atoms with Gasteiger partial charge >= 0.3 is 0 Å². The molecule has 3 aromatic carbocycles. The van der Waals surface area contributed by atoms with Crippen molar-refractivity contribution in [2.24, 2.45) is 0 Å². The summed E-state index contributed by atoms with van der Waals surface area (Å²) in [5, 5.41) is 4.97. The van der Waals surface area contributed by atoms with Gasteiger partial charge in [-0.25, -0.2) is 4.98 Å². The lowest BCUT2D eigenvalue weighted by molar-refractivity contribution is 1.20. The summed E-state index contributed by atoms with van der Waals surface area (Å²) in [6.07, 6.45) is 5.91. The normalized spacial score (nSPS) is 11.5. The average Bonchev–Trinajstić information content (AvgIpc) is 3.10. The summed E-state index contributed by atoms with van der Waals surface area (Å²) < 4.78 is 2.06. The Labute approximate surface area is 133 Å². The first kappa shape index (κ1) is 12.4. The SMILES string of the molecule is c1ccc2c(-c3cccc4c3ccn3ccnc43)cccc2c1. The van der Waals surface area contributed by atoms with Gasteiger partial charge in [-0.05, 0) is 33.4 Å². The summed E-state index contributed by atoms with van der Waals surface area (Å²) in [6.45, 7) is 0. The third-order valence-electron chi connectivity index (χ3n) is 4.50. The molecule has 23 heavy (non-hydrogen) atoms. The summed E-state index contributed by atoms with van der Waals surface area (Å²) in [6, 6.07) is 23.7. The first-order valence-electron chi connectivity index (χ1n) is 7.74. The average molecular weight is 294 g/mol. The lowest BCUT2D eigenvalue weighted by atomic mass is 9.94. The Morgan fingerprint density at radius 2 is 1.35 bits per heavy atom.